The van der Waals surface area contributed by atoms with Crippen LogP contribution in [0.2, 0.25) is 0 Å². The molecule has 3 heteroatoms. The quantitative estimate of drug-likeness (QED) is 0.733. The average molecular weight is 256 g/mol. The summed E-state index contributed by atoms with van der Waals surface area (Å²) >= 11 is 0. The Kier molecular flexibility index (Phi) is 6.61. The van der Waals surface area contributed by atoms with Gasteiger partial charge >= 0.3 is 0 Å². The van der Waals surface area contributed by atoms with E-state index in [4.69, 9.17) is 0 Å². The van der Waals surface area contributed by atoms with Crippen molar-refractivity contribution in [3.8, 4) is 0 Å². The average Bonchev–Trinajstić information content (AvgIpc) is 2.31. The van der Waals surface area contributed by atoms with Gasteiger partial charge in [0.1, 0.15) is 0 Å². The van der Waals surface area contributed by atoms with Crippen LogP contribution in [0.4, 0.5) is 0 Å². The van der Waals surface area contributed by atoms with Gasteiger partial charge in [-0.1, -0.05) is 33.6 Å². The van der Waals surface area contributed by atoms with Crippen molar-refractivity contribution in [1.82, 2.24) is 10.2 Å². The van der Waals surface area contributed by atoms with Crippen LogP contribution in [0, 0.1) is 5.92 Å². The number of hydrogen-bond acceptors (Lipinski definition) is 3. The lowest BCUT2D eigenvalue weighted by atomic mass is 9.91. The van der Waals surface area contributed by atoms with Gasteiger partial charge in [-0.05, 0) is 38.8 Å². The third kappa shape index (κ3) is 5.25. The third-order valence-corrected chi connectivity index (χ3v) is 3.96. The molecule has 0 aromatic heterocycles. The van der Waals surface area contributed by atoms with Crippen molar-refractivity contribution < 1.29 is 5.11 Å². The monoisotopic (exact) mass is 256 g/mol. The van der Waals surface area contributed by atoms with Crippen LogP contribution < -0.4 is 5.32 Å². The largest absolute Gasteiger partial charge is 0.394 e. The molecule has 0 bridgehead atoms. The summed E-state index contributed by atoms with van der Waals surface area (Å²) in [7, 11) is 0. The van der Waals surface area contributed by atoms with Crippen molar-refractivity contribution in [3.05, 3.63) is 0 Å². The van der Waals surface area contributed by atoms with Gasteiger partial charge in [0.2, 0.25) is 0 Å². The molecule has 0 saturated carbocycles. The van der Waals surface area contributed by atoms with Gasteiger partial charge in [0, 0.05) is 12.6 Å². The second-order valence-corrected chi connectivity index (χ2v) is 6.53. The summed E-state index contributed by atoms with van der Waals surface area (Å²) in [4.78, 5) is 2.51. The maximum absolute atomic E-state index is 9.61. The minimum atomic E-state index is -0.161. The maximum atomic E-state index is 9.61. The van der Waals surface area contributed by atoms with Crippen LogP contribution in [-0.2, 0) is 0 Å². The number of nitrogens with zero attached hydrogens (tertiary/aromatic N) is 1. The van der Waals surface area contributed by atoms with Gasteiger partial charge in [0.05, 0.1) is 12.1 Å². The van der Waals surface area contributed by atoms with E-state index in [0.717, 1.165) is 12.5 Å². The zero-order valence-electron chi connectivity index (χ0n) is 12.7. The number of hydrogen-bond donors (Lipinski definition) is 2. The van der Waals surface area contributed by atoms with E-state index in [9.17, 15) is 5.11 Å². The zero-order valence-corrected chi connectivity index (χ0v) is 12.7. The van der Waals surface area contributed by atoms with E-state index in [1.807, 2.05) is 0 Å². The Morgan fingerprint density at radius 2 is 1.94 bits per heavy atom. The van der Waals surface area contributed by atoms with Gasteiger partial charge in [-0.3, -0.25) is 0 Å². The SMILES string of the molecule is CCCC1CCN(CC(C)(CO)NC(C)C)CC1. The summed E-state index contributed by atoms with van der Waals surface area (Å²) in [6.45, 7) is 12.2. The van der Waals surface area contributed by atoms with E-state index in [2.05, 4.69) is 37.9 Å². The van der Waals surface area contributed by atoms with Crippen LogP contribution in [0.3, 0.4) is 0 Å². The van der Waals surface area contributed by atoms with Gasteiger partial charge in [-0.15, -0.1) is 0 Å². The second kappa shape index (κ2) is 7.46. The Balaban J connectivity index is 2.38. The summed E-state index contributed by atoms with van der Waals surface area (Å²) in [5.41, 5.74) is -0.161. The van der Waals surface area contributed by atoms with Crippen molar-refractivity contribution in [2.75, 3.05) is 26.2 Å². The van der Waals surface area contributed by atoms with Gasteiger partial charge in [-0.2, -0.15) is 0 Å². The summed E-state index contributed by atoms with van der Waals surface area (Å²) in [5.74, 6) is 0.935. The highest BCUT2D eigenvalue weighted by Gasteiger charge is 2.28. The standard InChI is InChI=1S/C15H32N2O/c1-5-6-14-7-9-17(10-8-14)11-15(4,12-18)16-13(2)3/h13-14,16,18H,5-12H2,1-4H3. The normalized spacial score (nSPS) is 22.3. The van der Waals surface area contributed by atoms with Crippen molar-refractivity contribution in [2.24, 2.45) is 5.92 Å². The molecule has 1 aliphatic rings. The summed E-state index contributed by atoms with van der Waals surface area (Å²) in [6, 6.07) is 0.416. The van der Waals surface area contributed by atoms with E-state index < -0.39 is 0 Å². The van der Waals surface area contributed by atoms with Crippen LogP contribution in [0.15, 0.2) is 0 Å². The molecule has 3 nitrogen and oxygen atoms in total. The molecule has 0 aliphatic carbocycles. The van der Waals surface area contributed by atoms with Crippen molar-refractivity contribution in [1.29, 1.82) is 0 Å². The molecule has 0 spiro atoms. The van der Waals surface area contributed by atoms with Gasteiger partial charge in [0.15, 0.2) is 0 Å². The number of rotatable bonds is 7. The van der Waals surface area contributed by atoms with Crippen molar-refractivity contribution in [2.45, 2.75) is 65.0 Å². The molecule has 18 heavy (non-hydrogen) atoms. The second-order valence-electron chi connectivity index (χ2n) is 6.53. The molecule has 0 aromatic rings. The Morgan fingerprint density at radius 3 is 2.39 bits per heavy atom. The maximum Gasteiger partial charge on any atom is 0.0623 e. The number of piperidine rings is 1. The van der Waals surface area contributed by atoms with E-state index in [1.165, 1.54) is 38.8 Å². The van der Waals surface area contributed by atoms with E-state index in [1.54, 1.807) is 0 Å². The molecular weight excluding hydrogens is 224 g/mol. The molecule has 1 heterocycles. The predicted molar refractivity (Wildman–Crippen MR) is 77.8 cm³/mol. The molecule has 0 aromatic carbocycles. The molecule has 0 radical (unpaired) electrons. The lowest BCUT2D eigenvalue weighted by Gasteiger charge is -2.39. The molecular formula is C15H32N2O. The first kappa shape index (κ1) is 15.9. The molecule has 1 unspecified atom stereocenters. The third-order valence-electron chi connectivity index (χ3n) is 3.96. The van der Waals surface area contributed by atoms with Crippen molar-refractivity contribution in [3.63, 3.8) is 0 Å². The Labute approximate surface area is 113 Å². The van der Waals surface area contributed by atoms with Crippen LogP contribution in [-0.4, -0.2) is 47.8 Å². The van der Waals surface area contributed by atoms with E-state index in [-0.39, 0.29) is 12.1 Å². The van der Waals surface area contributed by atoms with E-state index >= 15 is 0 Å². The van der Waals surface area contributed by atoms with Crippen LogP contribution in [0.25, 0.3) is 0 Å². The first-order chi connectivity index (χ1) is 8.49. The smallest absolute Gasteiger partial charge is 0.0623 e. The van der Waals surface area contributed by atoms with Gasteiger partial charge < -0.3 is 15.3 Å². The molecule has 1 saturated heterocycles. The fraction of sp³-hybridized carbons (Fsp3) is 1.00. The summed E-state index contributed by atoms with van der Waals surface area (Å²) < 4.78 is 0. The summed E-state index contributed by atoms with van der Waals surface area (Å²) in [5, 5.41) is 13.1. The molecule has 108 valence electrons. The fourth-order valence-electron chi connectivity index (χ4n) is 3.17. The summed E-state index contributed by atoms with van der Waals surface area (Å²) in [6.07, 6.45) is 5.36. The Bertz CT molecular complexity index is 225. The molecule has 2 N–H and O–H groups in total. The highest BCUT2D eigenvalue weighted by Crippen LogP contribution is 2.22. The number of likely N-dealkylation sites (tertiary alicyclic amines) is 1. The first-order valence-corrected chi connectivity index (χ1v) is 7.60. The van der Waals surface area contributed by atoms with Gasteiger partial charge in [0.25, 0.3) is 0 Å². The Hall–Kier alpha value is -0.120. The minimum absolute atomic E-state index is 0.161. The molecule has 1 aliphatic heterocycles. The molecule has 0 amide bonds. The van der Waals surface area contributed by atoms with Crippen LogP contribution >= 0.6 is 0 Å². The number of aliphatic hydroxyl groups is 1. The fourth-order valence-corrected chi connectivity index (χ4v) is 3.17. The lowest BCUT2D eigenvalue weighted by Crippen LogP contribution is -2.57. The number of aliphatic hydroxyl groups excluding tert-OH is 1. The zero-order chi connectivity index (χ0) is 13.6. The van der Waals surface area contributed by atoms with Crippen LogP contribution in [0.5, 0.6) is 0 Å². The van der Waals surface area contributed by atoms with Crippen LogP contribution in [0.1, 0.15) is 53.4 Å². The highest BCUT2D eigenvalue weighted by atomic mass is 16.3. The predicted octanol–water partition coefficient (Wildman–Crippen LogP) is 2.25. The topological polar surface area (TPSA) is 35.5 Å². The van der Waals surface area contributed by atoms with Crippen molar-refractivity contribution >= 4 is 0 Å². The molecule has 1 rings (SSSR count). The Morgan fingerprint density at radius 1 is 1.33 bits per heavy atom. The first-order valence-electron chi connectivity index (χ1n) is 7.60. The van der Waals surface area contributed by atoms with Gasteiger partial charge in [-0.25, -0.2) is 0 Å². The minimum Gasteiger partial charge on any atom is -0.394 e. The highest BCUT2D eigenvalue weighted by molar-refractivity contribution is 4.88. The molecule has 1 fully saturated rings. The van der Waals surface area contributed by atoms with E-state index in [0.29, 0.717) is 6.04 Å². The molecule has 1 atom stereocenters. The lowest BCUT2D eigenvalue weighted by molar-refractivity contribution is 0.0898. The number of nitrogens with one attached hydrogen (secondary N) is 1.